The normalized spacial score (nSPS) is 17.1. The van der Waals surface area contributed by atoms with E-state index in [9.17, 15) is 19.7 Å². The molecule has 1 unspecified atom stereocenters. The van der Waals surface area contributed by atoms with Crippen molar-refractivity contribution in [3.8, 4) is 0 Å². The molecule has 0 saturated carbocycles. The number of anilines is 1. The highest BCUT2D eigenvalue weighted by Gasteiger charge is 2.41. The number of aryl methyl sites for hydroxylation is 1. The van der Waals surface area contributed by atoms with E-state index in [1.807, 2.05) is 19.1 Å². The number of allylic oxidation sites excluding steroid dienone is 1. The number of carbonyl (C=O) groups is 2. The van der Waals surface area contributed by atoms with Crippen LogP contribution >= 0.6 is 11.3 Å². The quantitative estimate of drug-likeness (QED) is 0.438. The molecule has 9 heteroatoms. The van der Waals surface area contributed by atoms with Gasteiger partial charge in [0.1, 0.15) is 6.04 Å². The van der Waals surface area contributed by atoms with Gasteiger partial charge in [0.15, 0.2) is 0 Å². The summed E-state index contributed by atoms with van der Waals surface area (Å²) in [7, 11) is 2.88. The summed E-state index contributed by atoms with van der Waals surface area (Å²) in [5, 5.41) is 11.1. The van der Waals surface area contributed by atoms with E-state index < -0.39 is 16.9 Å². The van der Waals surface area contributed by atoms with Gasteiger partial charge >= 0.3 is 12.0 Å². The molecule has 0 spiro atoms. The van der Waals surface area contributed by atoms with Crippen LogP contribution in [0.5, 0.6) is 0 Å². The number of hydrogen-bond donors (Lipinski definition) is 0. The van der Waals surface area contributed by atoms with Crippen LogP contribution in [0.4, 0.5) is 16.2 Å². The first-order chi connectivity index (χ1) is 13.3. The molecule has 1 aliphatic rings. The molecule has 2 heterocycles. The summed E-state index contributed by atoms with van der Waals surface area (Å²) >= 11 is 1.49. The molecule has 1 aliphatic heterocycles. The summed E-state index contributed by atoms with van der Waals surface area (Å²) in [5.41, 5.74) is 0.867. The van der Waals surface area contributed by atoms with E-state index in [1.165, 1.54) is 46.4 Å². The smallest absolute Gasteiger partial charge is 0.338 e. The van der Waals surface area contributed by atoms with E-state index in [-0.39, 0.29) is 11.7 Å². The zero-order chi connectivity index (χ0) is 20.6. The van der Waals surface area contributed by atoms with Crippen molar-refractivity contribution in [1.82, 2.24) is 4.90 Å². The van der Waals surface area contributed by atoms with E-state index in [4.69, 9.17) is 4.74 Å². The Morgan fingerprint density at radius 2 is 1.96 bits per heavy atom. The van der Waals surface area contributed by atoms with Crippen LogP contribution < -0.4 is 4.90 Å². The lowest BCUT2D eigenvalue weighted by atomic mass is 9.98. The van der Waals surface area contributed by atoms with Gasteiger partial charge in [0.25, 0.3) is 5.69 Å². The largest absolute Gasteiger partial charge is 0.466 e. The number of benzene rings is 1. The van der Waals surface area contributed by atoms with Crippen molar-refractivity contribution < 1.29 is 19.2 Å². The van der Waals surface area contributed by atoms with Gasteiger partial charge in [0, 0.05) is 34.6 Å². The van der Waals surface area contributed by atoms with Crippen LogP contribution in [0.25, 0.3) is 0 Å². The van der Waals surface area contributed by atoms with E-state index in [2.05, 4.69) is 0 Å². The number of methoxy groups -OCH3 is 1. The number of amides is 2. The lowest BCUT2D eigenvalue weighted by molar-refractivity contribution is -0.384. The lowest BCUT2D eigenvalue weighted by Crippen LogP contribution is -2.49. The van der Waals surface area contributed by atoms with Crippen LogP contribution in [0.15, 0.2) is 47.7 Å². The van der Waals surface area contributed by atoms with Crippen molar-refractivity contribution >= 4 is 34.7 Å². The summed E-state index contributed by atoms with van der Waals surface area (Å²) < 4.78 is 4.98. The van der Waals surface area contributed by atoms with E-state index in [1.54, 1.807) is 20.0 Å². The average molecular weight is 401 g/mol. The fourth-order valence-corrected chi connectivity index (χ4v) is 4.31. The summed E-state index contributed by atoms with van der Waals surface area (Å²) in [5.74, 6) is -0.552. The second-order valence-corrected chi connectivity index (χ2v) is 7.67. The molecule has 0 radical (unpaired) electrons. The van der Waals surface area contributed by atoms with Crippen LogP contribution in [0.2, 0.25) is 0 Å². The second kappa shape index (κ2) is 7.43. The van der Waals surface area contributed by atoms with Gasteiger partial charge in [-0.3, -0.25) is 15.0 Å². The zero-order valence-electron chi connectivity index (χ0n) is 15.8. The second-order valence-electron chi connectivity index (χ2n) is 6.35. The van der Waals surface area contributed by atoms with Crippen LogP contribution in [0, 0.1) is 17.0 Å². The Kier molecular flexibility index (Phi) is 5.19. The molecule has 28 heavy (non-hydrogen) atoms. The van der Waals surface area contributed by atoms with Crippen molar-refractivity contribution in [2.45, 2.75) is 19.9 Å². The van der Waals surface area contributed by atoms with E-state index >= 15 is 0 Å². The number of non-ortho nitro benzene ring substituents is 1. The first kappa shape index (κ1) is 19.6. The molecule has 0 bridgehead atoms. The molecule has 0 saturated heterocycles. The molecule has 0 aliphatic carbocycles. The van der Waals surface area contributed by atoms with Crippen molar-refractivity contribution in [3.05, 3.63) is 67.5 Å². The predicted octanol–water partition coefficient (Wildman–Crippen LogP) is 4.02. The predicted molar refractivity (Wildman–Crippen MR) is 105 cm³/mol. The number of nitro benzene ring substituents is 1. The number of likely N-dealkylation sites (N-methyl/N-ethyl adjacent to an activating group) is 1. The first-order valence-electron chi connectivity index (χ1n) is 8.43. The van der Waals surface area contributed by atoms with Crippen molar-refractivity contribution in [2.24, 2.45) is 0 Å². The highest BCUT2D eigenvalue weighted by atomic mass is 32.1. The number of carbonyl (C=O) groups excluding carboxylic acids is 2. The Hall–Kier alpha value is -3.20. The summed E-state index contributed by atoms with van der Waals surface area (Å²) in [4.78, 5) is 41.0. The zero-order valence-corrected chi connectivity index (χ0v) is 16.6. The van der Waals surface area contributed by atoms with Crippen molar-refractivity contribution in [2.75, 3.05) is 19.1 Å². The number of esters is 1. The molecule has 2 aromatic rings. The fourth-order valence-electron chi connectivity index (χ4n) is 3.28. The van der Waals surface area contributed by atoms with Gasteiger partial charge in [-0.05, 0) is 32.0 Å². The lowest BCUT2D eigenvalue weighted by Gasteiger charge is -2.40. The molecule has 1 aromatic heterocycles. The van der Waals surface area contributed by atoms with E-state index in [0.717, 1.165) is 9.75 Å². The Morgan fingerprint density at radius 1 is 1.25 bits per heavy atom. The number of ether oxygens (including phenoxy) is 1. The molecule has 8 nitrogen and oxygen atoms in total. The standard InChI is InChI=1S/C19H19N3O5S/c1-11-8-9-15(28-11)17-16(18(23)27-4)12(2)21(19(24)20(17)3)13-6-5-7-14(10-13)22(25)26/h5-10,17H,1-4H3. The van der Waals surface area contributed by atoms with Crippen LogP contribution in [0.3, 0.4) is 0 Å². The summed E-state index contributed by atoms with van der Waals surface area (Å²) in [6.45, 7) is 3.59. The molecule has 146 valence electrons. The monoisotopic (exact) mass is 401 g/mol. The number of nitro groups is 1. The molecule has 2 amide bonds. The molecule has 0 N–H and O–H groups in total. The number of rotatable bonds is 4. The third kappa shape index (κ3) is 3.24. The van der Waals surface area contributed by atoms with Gasteiger partial charge in [-0.15, -0.1) is 11.3 Å². The molecule has 0 fully saturated rings. The van der Waals surface area contributed by atoms with Gasteiger partial charge in [-0.2, -0.15) is 0 Å². The highest BCUT2D eigenvalue weighted by molar-refractivity contribution is 7.12. The number of urea groups is 1. The third-order valence-corrected chi connectivity index (χ3v) is 5.67. The van der Waals surface area contributed by atoms with Crippen LogP contribution in [-0.2, 0) is 9.53 Å². The van der Waals surface area contributed by atoms with Crippen molar-refractivity contribution in [3.63, 3.8) is 0 Å². The maximum absolute atomic E-state index is 13.2. The van der Waals surface area contributed by atoms with E-state index in [0.29, 0.717) is 17.0 Å². The minimum atomic E-state index is -0.589. The number of thiophene rings is 1. The van der Waals surface area contributed by atoms with Crippen LogP contribution in [-0.4, -0.2) is 36.0 Å². The maximum atomic E-state index is 13.2. The molecule has 3 rings (SSSR count). The first-order valence-corrected chi connectivity index (χ1v) is 9.24. The third-order valence-electron chi connectivity index (χ3n) is 4.61. The number of hydrogen-bond acceptors (Lipinski definition) is 6. The number of nitrogens with zero attached hydrogens (tertiary/aromatic N) is 3. The molecular formula is C19H19N3O5S. The Balaban J connectivity index is 2.20. The van der Waals surface area contributed by atoms with Crippen molar-refractivity contribution in [1.29, 1.82) is 0 Å². The Morgan fingerprint density at radius 3 is 2.54 bits per heavy atom. The molecular weight excluding hydrogens is 382 g/mol. The van der Waals surface area contributed by atoms with Gasteiger partial charge in [-0.25, -0.2) is 9.59 Å². The highest BCUT2D eigenvalue weighted by Crippen LogP contribution is 2.41. The SMILES string of the molecule is COC(=O)C1=C(C)N(c2cccc([N+](=O)[O-])c2)C(=O)N(C)C1c1ccc(C)s1. The average Bonchev–Trinajstić information content (AvgIpc) is 3.10. The van der Waals surface area contributed by atoms with Crippen LogP contribution in [0.1, 0.15) is 22.7 Å². The van der Waals surface area contributed by atoms with Gasteiger partial charge < -0.3 is 9.64 Å². The maximum Gasteiger partial charge on any atom is 0.338 e. The topological polar surface area (TPSA) is 93.0 Å². The minimum Gasteiger partial charge on any atom is -0.466 e. The fraction of sp³-hybridized carbons (Fsp3) is 0.263. The molecule has 1 atom stereocenters. The Labute approximate surface area is 165 Å². The Bertz CT molecular complexity index is 997. The summed E-state index contributed by atoms with van der Waals surface area (Å²) in [6, 6.07) is 8.57. The van der Waals surface area contributed by atoms with Gasteiger partial charge in [-0.1, -0.05) is 6.07 Å². The minimum absolute atomic E-state index is 0.142. The van der Waals surface area contributed by atoms with Gasteiger partial charge in [0.2, 0.25) is 0 Å². The van der Waals surface area contributed by atoms with Gasteiger partial charge in [0.05, 0.1) is 23.3 Å². The summed E-state index contributed by atoms with van der Waals surface area (Å²) in [6.07, 6.45) is 0. The molecule has 1 aromatic carbocycles.